The number of benzene rings is 3. The molecule has 1 aliphatic rings. The molecule has 4 aromatic rings. The van der Waals surface area contributed by atoms with Gasteiger partial charge in [0.1, 0.15) is 12.4 Å². The number of hydrogen-bond donors (Lipinski definition) is 1. The molecule has 0 radical (unpaired) electrons. The predicted octanol–water partition coefficient (Wildman–Crippen LogP) is 5.38. The number of phenolic OH excluding ortho intramolecular Hbond substituents is 1. The molecule has 1 aliphatic heterocycles. The number of ether oxygens (including phenoxy) is 2. The van der Waals surface area contributed by atoms with Crippen molar-refractivity contribution < 1.29 is 19.4 Å². The van der Waals surface area contributed by atoms with Crippen molar-refractivity contribution in [1.82, 2.24) is 4.98 Å². The van der Waals surface area contributed by atoms with Crippen molar-refractivity contribution in [3.63, 3.8) is 0 Å². The average Bonchev–Trinajstić information content (AvgIpc) is 3.13. The largest absolute Gasteiger partial charge is 0.507 e. The van der Waals surface area contributed by atoms with Gasteiger partial charge in [-0.1, -0.05) is 73.3 Å². The number of rotatable bonds is 5. The van der Waals surface area contributed by atoms with Gasteiger partial charge in [0, 0.05) is 18.2 Å². The van der Waals surface area contributed by atoms with Crippen LogP contribution in [-0.2, 0) is 15.1 Å². The number of carbonyl (C=O) groups excluding carboxylic acids is 1. The standard InChI is InChI=1S/C27H21NO4/c1-18-16-27(32-26(18)30,22-12-10-20(11-13-22)19-6-3-2-4-7-19)17-31-25-24-21(14-15-28-25)8-5-9-23(24)29/h2-15,29H,1,16-17H2. The van der Waals surface area contributed by atoms with E-state index in [-0.39, 0.29) is 18.2 Å². The van der Waals surface area contributed by atoms with Crippen LogP contribution in [0.3, 0.4) is 0 Å². The van der Waals surface area contributed by atoms with Crippen molar-refractivity contribution in [3.05, 3.63) is 103 Å². The Labute approximate surface area is 185 Å². The maximum atomic E-state index is 12.3. The number of phenols is 1. The summed E-state index contributed by atoms with van der Waals surface area (Å²) in [6, 6.07) is 25.0. The first-order valence-corrected chi connectivity index (χ1v) is 10.3. The molecule has 32 heavy (non-hydrogen) atoms. The lowest BCUT2D eigenvalue weighted by molar-refractivity contribution is -0.150. The molecule has 0 saturated carbocycles. The summed E-state index contributed by atoms with van der Waals surface area (Å²) in [7, 11) is 0. The lowest BCUT2D eigenvalue weighted by atomic mass is 9.89. The van der Waals surface area contributed by atoms with Gasteiger partial charge in [-0.05, 0) is 34.2 Å². The van der Waals surface area contributed by atoms with Gasteiger partial charge < -0.3 is 14.6 Å². The Balaban J connectivity index is 1.49. The molecule has 5 heteroatoms. The van der Waals surface area contributed by atoms with E-state index in [1.54, 1.807) is 24.4 Å². The van der Waals surface area contributed by atoms with Crippen LogP contribution in [0.2, 0.25) is 0 Å². The monoisotopic (exact) mass is 423 g/mol. The minimum absolute atomic E-state index is 0.0445. The summed E-state index contributed by atoms with van der Waals surface area (Å²) in [5.41, 5.74) is 2.36. The number of carbonyl (C=O) groups is 1. The van der Waals surface area contributed by atoms with Crippen LogP contribution in [0.25, 0.3) is 21.9 Å². The molecule has 5 nitrogen and oxygen atoms in total. The van der Waals surface area contributed by atoms with Crippen LogP contribution in [0, 0.1) is 0 Å². The quantitative estimate of drug-likeness (QED) is 0.345. The van der Waals surface area contributed by atoms with Gasteiger partial charge in [-0.25, -0.2) is 9.78 Å². The van der Waals surface area contributed by atoms with Gasteiger partial charge >= 0.3 is 5.97 Å². The second-order valence-corrected chi connectivity index (χ2v) is 7.89. The third-order valence-corrected chi connectivity index (χ3v) is 5.77. The number of aromatic nitrogens is 1. The Bertz CT molecular complexity index is 1290. The number of cyclic esters (lactones) is 1. The molecular formula is C27H21NO4. The Kier molecular flexibility index (Phi) is 4.86. The van der Waals surface area contributed by atoms with Gasteiger partial charge in [-0.3, -0.25) is 0 Å². The highest BCUT2D eigenvalue weighted by atomic mass is 16.6. The van der Waals surface area contributed by atoms with Gasteiger partial charge in [-0.2, -0.15) is 0 Å². The molecule has 0 bridgehead atoms. The zero-order valence-corrected chi connectivity index (χ0v) is 17.3. The molecule has 5 rings (SSSR count). The molecule has 158 valence electrons. The highest BCUT2D eigenvalue weighted by molar-refractivity contribution is 5.92. The van der Waals surface area contributed by atoms with Crippen LogP contribution in [0.4, 0.5) is 0 Å². The normalized spacial score (nSPS) is 18.0. The van der Waals surface area contributed by atoms with Crippen molar-refractivity contribution in [2.24, 2.45) is 0 Å². The molecule has 1 aromatic heterocycles. The minimum atomic E-state index is -1.02. The van der Waals surface area contributed by atoms with Crippen molar-refractivity contribution in [3.8, 4) is 22.8 Å². The van der Waals surface area contributed by atoms with Gasteiger partial charge in [0.2, 0.25) is 5.88 Å². The lowest BCUT2D eigenvalue weighted by Crippen LogP contribution is -2.33. The van der Waals surface area contributed by atoms with Crippen LogP contribution in [0.5, 0.6) is 11.6 Å². The van der Waals surface area contributed by atoms with E-state index in [1.807, 2.05) is 60.7 Å². The summed E-state index contributed by atoms with van der Waals surface area (Å²) in [5.74, 6) is -0.0661. The summed E-state index contributed by atoms with van der Waals surface area (Å²) in [4.78, 5) is 16.6. The Morgan fingerprint density at radius 3 is 2.44 bits per heavy atom. The summed E-state index contributed by atoms with van der Waals surface area (Å²) in [5, 5.41) is 11.7. The fraction of sp³-hybridized carbons (Fsp3) is 0.111. The Morgan fingerprint density at radius 1 is 0.969 bits per heavy atom. The molecule has 1 fully saturated rings. The Hall–Kier alpha value is -4.12. The smallest absolute Gasteiger partial charge is 0.334 e. The van der Waals surface area contributed by atoms with Crippen LogP contribution >= 0.6 is 0 Å². The van der Waals surface area contributed by atoms with Crippen LogP contribution < -0.4 is 4.74 Å². The molecule has 3 aromatic carbocycles. The number of fused-ring (bicyclic) bond motifs is 1. The molecule has 2 heterocycles. The third-order valence-electron chi connectivity index (χ3n) is 5.77. The number of hydrogen-bond acceptors (Lipinski definition) is 5. The zero-order chi connectivity index (χ0) is 22.1. The van der Waals surface area contributed by atoms with E-state index in [0.717, 1.165) is 22.1 Å². The van der Waals surface area contributed by atoms with Crippen LogP contribution in [-0.4, -0.2) is 22.7 Å². The number of pyridine rings is 1. The number of nitrogens with zero attached hydrogens (tertiary/aromatic N) is 1. The molecule has 0 aliphatic carbocycles. The lowest BCUT2D eigenvalue weighted by Gasteiger charge is -2.28. The summed E-state index contributed by atoms with van der Waals surface area (Å²) < 4.78 is 11.9. The molecule has 0 amide bonds. The second kappa shape index (κ2) is 7.85. The van der Waals surface area contributed by atoms with Crippen molar-refractivity contribution in [2.75, 3.05) is 6.61 Å². The molecule has 0 spiro atoms. The van der Waals surface area contributed by atoms with Gasteiger partial charge in [0.15, 0.2) is 5.60 Å². The summed E-state index contributed by atoms with van der Waals surface area (Å²) in [6.07, 6.45) is 1.94. The van der Waals surface area contributed by atoms with E-state index in [0.29, 0.717) is 17.4 Å². The molecular weight excluding hydrogens is 402 g/mol. The van der Waals surface area contributed by atoms with E-state index >= 15 is 0 Å². The van der Waals surface area contributed by atoms with Crippen molar-refractivity contribution in [2.45, 2.75) is 12.0 Å². The zero-order valence-electron chi connectivity index (χ0n) is 17.3. The van der Waals surface area contributed by atoms with Gasteiger partial charge in [0.25, 0.3) is 0 Å². The number of aromatic hydroxyl groups is 1. The van der Waals surface area contributed by atoms with Gasteiger partial charge in [0.05, 0.1) is 5.39 Å². The van der Waals surface area contributed by atoms with E-state index in [4.69, 9.17) is 9.47 Å². The highest BCUT2D eigenvalue weighted by Gasteiger charge is 2.45. The Morgan fingerprint density at radius 2 is 1.72 bits per heavy atom. The van der Waals surface area contributed by atoms with E-state index in [1.165, 1.54) is 0 Å². The van der Waals surface area contributed by atoms with Crippen LogP contribution in [0.1, 0.15) is 12.0 Å². The number of esters is 1. The SMILES string of the molecule is C=C1CC(COc2nccc3cccc(O)c23)(c2ccc(-c3ccccc3)cc2)OC1=O. The fourth-order valence-corrected chi connectivity index (χ4v) is 4.10. The summed E-state index contributed by atoms with van der Waals surface area (Å²) in [6.45, 7) is 3.90. The predicted molar refractivity (Wildman–Crippen MR) is 122 cm³/mol. The topological polar surface area (TPSA) is 68.7 Å². The molecule has 1 N–H and O–H groups in total. The fourth-order valence-electron chi connectivity index (χ4n) is 4.10. The third kappa shape index (κ3) is 3.48. The first-order chi connectivity index (χ1) is 15.6. The first kappa shape index (κ1) is 19.8. The molecule has 1 unspecified atom stereocenters. The maximum absolute atomic E-state index is 12.3. The summed E-state index contributed by atoms with van der Waals surface area (Å²) >= 11 is 0. The van der Waals surface area contributed by atoms with E-state index < -0.39 is 11.6 Å². The van der Waals surface area contributed by atoms with E-state index in [2.05, 4.69) is 11.6 Å². The van der Waals surface area contributed by atoms with E-state index in [9.17, 15) is 9.90 Å². The van der Waals surface area contributed by atoms with Crippen molar-refractivity contribution in [1.29, 1.82) is 0 Å². The minimum Gasteiger partial charge on any atom is -0.507 e. The van der Waals surface area contributed by atoms with Crippen molar-refractivity contribution >= 4 is 16.7 Å². The highest BCUT2D eigenvalue weighted by Crippen LogP contribution is 2.41. The molecule has 1 atom stereocenters. The van der Waals surface area contributed by atoms with Crippen LogP contribution in [0.15, 0.2) is 97.2 Å². The van der Waals surface area contributed by atoms with Gasteiger partial charge in [-0.15, -0.1) is 0 Å². The maximum Gasteiger partial charge on any atom is 0.334 e. The average molecular weight is 423 g/mol. The second-order valence-electron chi connectivity index (χ2n) is 7.89. The molecule has 1 saturated heterocycles. The first-order valence-electron chi connectivity index (χ1n) is 10.3.